The van der Waals surface area contributed by atoms with E-state index in [4.69, 9.17) is 5.26 Å². The molecule has 0 amide bonds. The third-order valence-corrected chi connectivity index (χ3v) is 2.16. The maximum absolute atomic E-state index is 8.70. The van der Waals surface area contributed by atoms with Crippen LogP contribution in [0, 0.1) is 11.3 Å². The van der Waals surface area contributed by atoms with Crippen LogP contribution < -0.4 is 0 Å². The van der Waals surface area contributed by atoms with Crippen LogP contribution in [0.25, 0.3) is 5.65 Å². The van der Waals surface area contributed by atoms with E-state index in [0.717, 1.165) is 23.3 Å². The highest BCUT2D eigenvalue weighted by Crippen LogP contribution is 2.14. The molecule has 2 aromatic rings. The van der Waals surface area contributed by atoms with Crippen molar-refractivity contribution in [2.24, 2.45) is 0 Å². The number of hydrogen-bond donors (Lipinski definition) is 0. The number of aryl methyl sites for hydroxylation is 1. The minimum Gasteiger partial charge on any atom is -0.237 e. The lowest BCUT2D eigenvalue weighted by atomic mass is 10.1. The van der Waals surface area contributed by atoms with Crippen LogP contribution in [0.3, 0.4) is 0 Å². The van der Waals surface area contributed by atoms with Crippen molar-refractivity contribution in [3.05, 3.63) is 29.7 Å². The topological polar surface area (TPSA) is 54.0 Å². The first-order valence-electron chi connectivity index (χ1n) is 4.55. The van der Waals surface area contributed by atoms with E-state index < -0.39 is 0 Å². The molecule has 4 heteroatoms. The van der Waals surface area contributed by atoms with Crippen molar-refractivity contribution in [2.45, 2.75) is 19.8 Å². The van der Waals surface area contributed by atoms with Gasteiger partial charge in [-0.1, -0.05) is 6.92 Å². The number of hydrogen-bond acceptors (Lipinski definition) is 3. The summed E-state index contributed by atoms with van der Waals surface area (Å²) in [6.45, 7) is 2.03. The summed E-state index contributed by atoms with van der Waals surface area (Å²) in [4.78, 5) is 4.22. The molecule has 0 aliphatic heterocycles. The maximum atomic E-state index is 8.70. The lowest BCUT2D eigenvalue weighted by molar-refractivity contribution is 0.884. The van der Waals surface area contributed by atoms with Gasteiger partial charge in [-0.3, -0.25) is 0 Å². The molecular weight excluding hydrogens is 176 g/mol. The van der Waals surface area contributed by atoms with Gasteiger partial charge in [0.2, 0.25) is 0 Å². The van der Waals surface area contributed by atoms with Crippen LogP contribution in [0.2, 0.25) is 0 Å². The van der Waals surface area contributed by atoms with Gasteiger partial charge in [0.05, 0.1) is 18.2 Å². The highest BCUT2D eigenvalue weighted by molar-refractivity contribution is 5.50. The average Bonchev–Trinajstić information content (AvgIpc) is 2.58. The Morgan fingerprint density at radius 2 is 2.43 bits per heavy atom. The zero-order valence-electron chi connectivity index (χ0n) is 7.94. The lowest BCUT2D eigenvalue weighted by Crippen LogP contribution is -1.89. The highest BCUT2D eigenvalue weighted by atomic mass is 15.2. The molecule has 2 rings (SSSR count). The average molecular weight is 186 g/mol. The van der Waals surface area contributed by atoms with Crippen molar-refractivity contribution in [1.29, 1.82) is 5.26 Å². The number of aromatic nitrogens is 3. The molecule has 0 aromatic carbocycles. The fourth-order valence-corrected chi connectivity index (χ4v) is 1.52. The first kappa shape index (κ1) is 8.70. The first-order valence-corrected chi connectivity index (χ1v) is 4.55. The number of nitriles is 1. The normalized spacial score (nSPS) is 10.3. The molecule has 0 aliphatic carbocycles. The summed E-state index contributed by atoms with van der Waals surface area (Å²) in [5.74, 6) is 0. The van der Waals surface area contributed by atoms with Crippen molar-refractivity contribution in [3.8, 4) is 6.07 Å². The Morgan fingerprint density at radius 1 is 1.57 bits per heavy atom. The maximum Gasteiger partial charge on any atom is 0.159 e. The molecule has 0 spiro atoms. The van der Waals surface area contributed by atoms with Crippen molar-refractivity contribution in [2.75, 3.05) is 0 Å². The van der Waals surface area contributed by atoms with Crippen molar-refractivity contribution < 1.29 is 0 Å². The Hall–Kier alpha value is -1.89. The molecule has 2 heterocycles. The van der Waals surface area contributed by atoms with E-state index in [0.29, 0.717) is 6.42 Å². The SMILES string of the molecule is CCc1nn2cccnc2c1CC#N. The van der Waals surface area contributed by atoms with Crippen LogP contribution in [0.5, 0.6) is 0 Å². The second kappa shape index (κ2) is 3.46. The fraction of sp³-hybridized carbons (Fsp3) is 0.300. The minimum absolute atomic E-state index is 0.379. The van der Waals surface area contributed by atoms with Gasteiger partial charge in [0.1, 0.15) is 0 Å². The van der Waals surface area contributed by atoms with Gasteiger partial charge in [-0.2, -0.15) is 10.4 Å². The van der Waals surface area contributed by atoms with Gasteiger partial charge in [0.15, 0.2) is 5.65 Å². The number of rotatable bonds is 2. The quantitative estimate of drug-likeness (QED) is 0.711. The summed E-state index contributed by atoms with van der Waals surface area (Å²) in [5.41, 5.74) is 2.71. The van der Waals surface area contributed by atoms with E-state index in [1.54, 1.807) is 10.7 Å². The number of fused-ring (bicyclic) bond motifs is 1. The molecule has 2 aromatic heterocycles. The van der Waals surface area contributed by atoms with Crippen molar-refractivity contribution in [3.63, 3.8) is 0 Å². The van der Waals surface area contributed by atoms with Crippen LogP contribution in [-0.4, -0.2) is 14.6 Å². The van der Waals surface area contributed by atoms with Gasteiger partial charge in [0, 0.05) is 18.0 Å². The Bertz CT molecular complexity index is 492. The first-order chi connectivity index (χ1) is 6.86. The molecule has 0 saturated heterocycles. The predicted molar refractivity (Wildman–Crippen MR) is 51.7 cm³/mol. The largest absolute Gasteiger partial charge is 0.237 e. The zero-order valence-corrected chi connectivity index (χ0v) is 7.94. The van der Waals surface area contributed by atoms with Gasteiger partial charge >= 0.3 is 0 Å². The molecule has 0 N–H and O–H groups in total. The van der Waals surface area contributed by atoms with E-state index in [1.807, 2.05) is 19.2 Å². The van der Waals surface area contributed by atoms with Crippen molar-refractivity contribution >= 4 is 5.65 Å². The summed E-state index contributed by atoms with van der Waals surface area (Å²) >= 11 is 0. The Labute approximate surface area is 81.8 Å². The molecule has 0 bridgehead atoms. The molecule has 0 unspecified atom stereocenters. The van der Waals surface area contributed by atoms with Gasteiger partial charge in [-0.05, 0) is 12.5 Å². The second-order valence-electron chi connectivity index (χ2n) is 3.00. The molecule has 4 nitrogen and oxygen atoms in total. The highest BCUT2D eigenvalue weighted by Gasteiger charge is 2.10. The van der Waals surface area contributed by atoms with Crippen LogP contribution in [0.1, 0.15) is 18.2 Å². The Morgan fingerprint density at radius 3 is 3.14 bits per heavy atom. The van der Waals surface area contributed by atoms with E-state index in [1.165, 1.54) is 0 Å². The zero-order chi connectivity index (χ0) is 9.97. The summed E-state index contributed by atoms with van der Waals surface area (Å²) in [7, 11) is 0. The smallest absolute Gasteiger partial charge is 0.159 e. The number of nitrogens with zero attached hydrogens (tertiary/aromatic N) is 4. The van der Waals surface area contributed by atoms with Crippen LogP contribution in [0.15, 0.2) is 18.5 Å². The molecule has 0 atom stereocenters. The third kappa shape index (κ3) is 1.23. The van der Waals surface area contributed by atoms with Gasteiger partial charge in [-0.25, -0.2) is 9.50 Å². The molecule has 0 saturated carbocycles. The molecule has 70 valence electrons. The minimum atomic E-state index is 0.379. The van der Waals surface area contributed by atoms with E-state index in [2.05, 4.69) is 16.2 Å². The lowest BCUT2D eigenvalue weighted by Gasteiger charge is -1.92. The Balaban J connectivity index is 2.69. The van der Waals surface area contributed by atoms with Gasteiger partial charge in [0.25, 0.3) is 0 Å². The van der Waals surface area contributed by atoms with Gasteiger partial charge in [-0.15, -0.1) is 0 Å². The molecule has 0 fully saturated rings. The molecule has 0 radical (unpaired) electrons. The molecular formula is C10H10N4. The van der Waals surface area contributed by atoms with Crippen LogP contribution in [-0.2, 0) is 12.8 Å². The van der Waals surface area contributed by atoms with Gasteiger partial charge < -0.3 is 0 Å². The van der Waals surface area contributed by atoms with Crippen molar-refractivity contribution in [1.82, 2.24) is 14.6 Å². The fourth-order valence-electron chi connectivity index (χ4n) is 1.52. The van der Waals surface area contributed by atoms with Crippen LogP contribution >= 0.6 is 0 Å². The monoisotopic (exact) mass is 186 g/mol. The van der Waals surface area contributed by atoms with E-state index in [9.17, 15) is 0 Å². The summed E-state index contributed by atoms with van der Waals surface area (Å²) in [5, 5.41) is 13.1. The van der Waals surface area contributed by atoms with E-state index >= 15 is 0 Å². The summed E-state index contributed by atoms with van der Waals surface area (Å²) in [6.07, 6.45) is 4.78. The predicted octanol–water partition coefficient (Wildman–Crippen LogP) is 1.36. The molecule has 14 heavy (non-hydrogen) atoms. The second-order valence-corrected chi connectivity index (χ2v) is 3.00. The third-order valence-electron chi connectivity index (χ3n) is 2.16. The van der Waals surface area contributed by atoms with E-state index in [-0.39, 0.29) is 0 Å². The molecule has 0 aliphatic rings. The Kier molecular flexibility index (Phi) is 2.15. The standard InChI is InChI=1S/C10H10N4/c1-2-9-8(4-5-11)10-12-6-3-7-14(10)13-9/h3,6-7H,2,4H2,1H3. The van der Waals surface area contributed by atoms with Crippen LogP contribution in [0.4, 0.5) is 0 Å². The summed E-state index contributed by atoms with van der Waals surface area (Å²) in [6, 6.07) is 3.97. The summed E-state index contributed by atoms with van der Waals surface area (Å²) < 4.78 is 1.73.